The van der Waals surface area contributed by atoms with Crippen molar-refractivity contribution in [1.29, 1.82) is 0 Å². The number of hydrogen-bond acceptors (Lipinski definition) is 5. The lowest BCUT2D eigenvalue weighted by molar-refractivity contribution is -0.103. The van der Waals surface area contributed by atoms with E-state index in [-0.39, 0.29) is 34.1 Å². The Kier molecular flexibility index (Phi) is 6.16. The van der Waals surface area contributed by atoms with Gasteiger partial charge in [-0.1, -0.05) is 18.2 Å². The number of alkyl halides is 2. The summed E-state index contributed by atoms with van der Waals surface area (Å²) in [6.07, 6.45) is 1.20. The number of carbonyl (C=O) groups is 2. The van der Waals surface area contributed by atoms with E-state index >= 15 is 0 Å². The number of pyridine rings is 1. The van der Waals surface area contributed by atoms with Crippen molar-refractivity contribution in [2.45, 2.75) is 32.1 Å². The Morgan fingerprint density at radius 2 is 1.82 bits per heavy atom. The summed E-state index contributed by atoms with van der Waals surface area (Å²) in [5, 5.41) is 5.63. The van der Waals surface area contributed by atoms with Crippen LogP contribution in [0.3, 0.4) is 0 Å². The number of hydrogen-bond donors (Lipinski definition) is 2. The maximum absolute atomic E-state index is 13.6. The minimum Gasteiger partial charge on any atom is -0.437 e. The van der Waals surface area contributed by atoms with Crippen LogP contribution in [0.1, 0.15) is 46.4 Å². The normalized spacial score (nSPS) is 19.5. The molecule has 2 heterocycles. The number of Topliss-reactive ketones (excluding diaryl/α,β-unsaturated/α-hetero) is 1. The molecule has 2 aromatic heterocycles. The van der Waals surface area contributed by atoms with Crippen molar-refractivity contribution in [3.63, 3.8) is 0 Å². The van der Waals surface area contributed by atoms with E-state index in [1.54, 1.807) is 30.3 Å². The number of benzene rings is 2. The first-order valence-electron chi connectivity index (χ1n) is 12.9. The van der Waals surface area contributed by atoms with Crippen molar-refractivity contribution in [2.24, 2.45) is 11.3 Å². The molecular formula is C30H26F3N3O3. The Bertz CT molecular complexity index is 1580. The first-order chi connectivity index (χ1) is 18.7. The van der Waals surface area contributed by atoms with Crippen molar-refractivity contribution >= 4 is 28.6 Å². The van der Waals surface area contributed by atoms with Crippen LogP contribution in [-0.2, 0) is 0 Å². The van der Waals surface area contributed by atoms with Gasteiger partial charge >= 0.3 is 0 Å². The molecule has 2 N–H and O–H groups in total. The molecule has 0 saturated heterocycles. The number of furan rings is 1. The van der Waals surface area contributed by atoms with E-state index in [1.807, 2.05) is 0 Å². The number of amides is 1. The molecule has 3 fully saturated rings. The first kappa shape index (κ1) is 25.2. The molecule has 7 rings (SSSR count). The van der Waals surface area contributed by atoms with E-state index in [0.29, 0.717) is 34.1 Å². The van der Waals surface area contributed by atoms with Gasteiger partial charge in [0, 0.05) is 30.2 Å². The fourth-order valence-corrected chi connectivity index (χ4v) is 5.88. The third-order valence-electron chi connectivity index (χ3n) is 7.86. The third-order valence-corrected chi connectivity index (χ3v) is 7.86. The zero-order valence-corrected chi connectivity index (χ0v) is 21.2. The second-order valence-electron chi connectivity index (χ2n) is 10.6. The largest absolute Gasteiger partial charge is 0.437 e. The van der Waals surface area contributed by atoms with E-state index in [0.717, 1.165) is 25.2 Å². The number of ketones is 1. The SMILES string of the molecule is CNC(=O)c1c(-c2ccc(F)cc2)oc2nc(NCC(F)F)c(-c3cccc(C(=O)CC45CC(C4)C5)c3)cc12. The lowest BCUT2D eigenvalue weighted by Gasteiger charge is -2.62. The topological polar surface area (TPSA) is 84.2 Å². The molecule has 3 aliphatic rings. The summed E-state index contributed by atoms with van der Waals surface area (Å²) >= 11 is 0. The lowest BCUT2D eigenvalue weighted by atomic mass is 9.43. The number of rotatable bonds is 9. The molecule has 1 amide bonds. The van der Waals surface area contributed by atoms with Crippen LogP contribution in [0.4, 0.5) is 19.0 Å². The molecule has 6 nitrogen and oxygen atoms in total. The molecule has 2 bridgehead atoms. The average molecular weight is 534 g/mol. The van der Waals surface area contributed by atoms with E-state index in [2.05, 4.69) is 15.6 Å². The maximum Gasteiger partial charge on any atom is 0.255 e. The zero-order chi connectivity index (χ0) is 27.3. The van der Waals surface area contributed by atoms with Gasteiger partial charge in [0.05, 0.1) is 17.5 Å². The molecule has 0 spiro atoms. The standard InChI is InChI=1S/C30H26F3N3O3/c1-34-28(38)25-22-10-21(18-3-2-4-19(9-18)23(37)14-30-11-16(12-30)13-30)27(35-15-24(32)33)36-29(22)39-26(25)17-5-7-20(31)8-6-17/h2-10,16,24H,11-15H2,1H3,(H,34,38)(H,35,36). The Morgan fingerprint density at radius 3 is 2.46 bits per heavy atom. The molecule has 3 saturated carbocycles. The van der Waals surface area contributed by atoms with Crippen LogP contribution >= 0.6 is 0 Å². The van der Waals surface area contributed by atoms with Crippen molar-refractivity contribution in [3.05, 3.63) is 71.5 Å². The number of nitrogens with zero attached hydrogens (tertiary/aromatic N) is 1. The second-order valence-corrected chi connectivity index (χ2v) is 10.6. The number of nitrogens with one attached hydrogen (secondary N) is 2. The molecule has 0 atom stereocenters. The van der Waals surface area contributed by atoms with Gasteiger partial charge in [-0.05, 0) is 72.6 Å². The van der Waals surface area contributed by atoms with Crippen LogP contribution < -0.4 is 10.6 Å². The molecule has 2 aromatic carbocycles. The highest BCUT2D eigenvalue weighted by atomic mass is 19.3. The number of fused-ring (bicyclic) bond motifs is 1. The average Bonchev–Trinajstić information content (AvgIpc) is 3.26. The van der Waals surface area contributed by atoms with Crippen LogP contribution in [0.15, 0.2) is 59.0 Å². The van der Waals surface area contributed by atoms with Gasteiger partial charge < -0.3 is 15.1 Å². The van der Waals surface area contributed by atoms with Crippen molar-refractivity contribution in [2.75, 3.05) is 18.9 Å². The maximum atomic E-state index is 13.6. The minimum atomic E-state index is -2.64. The smallest absolute Gasteiger partial charge is 0.255 e. The van der Waals surface area contributed by atoms with Crippen molar-refractivity contribution in [3.8, 4) is 22.5 Å². The van der Waals surface area contributed by atoms with Crippen molar-refractivity contribution < 1.29 is 27.2 Å². The van der Waals surface area contributed by atoms with Crippen LogP contribution in [-0.4, -0.2) is 36.7 Å². The Hall–Kier alpha value is -4.14. The summed E-state index contributed by atoms with van der Waals surface area (Å²) in [5.41, 5.74) is 2.43. The predicted octanol–water partition coefficient (Wildman–Crippen LogP) is 6.71. The van der Waals surface area contributed by atoms with Gasteiger partial charge in [-0.25, -0.2) is 13.2 Å². The summed E-state index contributed by atoms with van der Waals surface area (Å²) in [4.78, 5) is 30.6. The van der Waals surface area contributed by atoms with E-state index in [4.69, 9.17) is 4.42 Å². The van der Waals surface area contributed by atoms with Gasteiger partial charge in [-0.3, -0.25) is 9.59 Å². The van der Waals surface area contributed by atoms with Gasteiger partial charge in [0.15, 0.2) is 5.78 Å². The molecule has 4 aromatic rings. The van der Waals surface area contributed by atoms with Crippen molar-refractivity contribution in [1.82, 2.24) is 10.3 Å². The molecule has 0 unspecified atom stereocenters. The highest BCUT2D eigenvalue weighted by Gasteiger charge is 2.56. The van der Waals surface area contributed by atoms with Gasteiger partial charge in [0.1, 0.15) is 17.4 Å². The molecule has 39 heavy (non-hydrogen) atoms. The number of carbonyl (C=O) groups excluding carboxylic acids is 2. The predicted molar refractivity (Wildman–Crippen MR) is 141 cm³/mol. The van der Waals surface area contributed by atoms with Gasteiger partial charge in [0.25, 0.3) is 12.3 Å². The Labute approximate surface area is 222 Å². The Morgan fingerprint density at radius 1 is 1.08 bits per heavy atom. The summed E-state index contributed by atoms with van der Waals surface area (Å²) in [6, 6.07) is 14.1. The first-order valence-corrected chi connectivity index (χ1v) is 12.9. The van der Waals surface area contributed by atoms with Gasteiger partial charge in [-0.15, -0.1) is 0 Å². The van der Waals surface area contributed by atoms with Crippen LogP contribution in [0.5, 0.6) is 0 Å². The summed E-state index contributed by atoms with van der Waals surface area (Å²) < 4.78 is 45.9. The highest BCUT2D eigenvalue weighted by molar-refractivity contribution is 6.11. The Balaban J connectivity index is 1.47. The molecule has 0 radical (unpaired) electrons. The zero-order valence-electron chi connectivity index (χ0n) is 21.2. The lowest BCUT2D eigenvalue weighted by Crippen LogP contribution is -2.52. The monoisotopic (exact) mass is 533 g/mol. The van der Waals surface area contributed by atoms with Gasteiger partial charge in [0.2, 0.25) is 5.71 Å². The number of anilines is 1. The fraction of sp³-hybridized carbons (Fsp3) is 0.300. The molecule has 3 aliphatic carbocycles. The third kappa shape index (κ3) is 4.56. The quantitative estimate of drug-likeness (QED) is 0.234. The number of halogens is 3. The fourth-order valence-electron chi connectivity index (χ4n) is 5.88. The van der Waals surface area contributed by atoms with Crippen LogP contribution in [0, 0.1) is 17.2 Å². The van der Waals surface area contributed by atoms with Crippen LogP contribution in [0.25, 0.3) is 33.6 Å². The van der Waals surface area contributed by atoms with Gasteiger partial charge in [-0.2, -0.15) is 4.98 Å². The van der Waals surface area contributed by atoms with Crippen LogP contribution in [0.2, 0.25) is 0 Å². The molecule has 9 heteroatoms. The minimum absolute atomic E-state index is 0.0547. The summed E-state index contributed by atoms with van der Waals surface area (Å²) in [6.45, 7) is -0.651. The van der Waals surface area contributed by atoms with E-state index in [1.165, 1.54) is 31.3 Å². The second kappa shape index (κ2) is 9.55. The van der Waals surface area contributed by atoms with E-state index < -0.39 is 24.7 Å². The van der Waals surface area contributed by atoms with E-state index in [9.17, 15) is 22.8 Å². The summed E-state index contributed by atoms with van der Waals surface area (Å²) in [7, 11) is 1.48. The summed E-state index contributed by atoms with van der Waals surface area (Å²) in [5.74, 6) is 0.245. The molecule has 200 valence electrons. The highest BCUT2D eigenvalue weighted by Crippen LogP contribution is 2.66. The molecule has 0 aliphatic heterocycles. The molecular weight excluding hydrogens is 507 g/mol. The number of aromatic nitrogens is 1.